The van der Waals surface area contributed by atoms with E-state index in [9.17, 15) is 9.59 Å². The van der Waals surface area contributed by atoms with Crippen LogP contribution in [0.1, 0.15) is 18.6 Å². The highest BCUT2D eigenvalue weighted by molar-refractivity contribution is 5.87. The predicted molar refractivity (Wildman–Crippen MR) is 149 cm³/mol. The lowest BCUT2D eigenvalue weighted by atomic mass is 10.0. The summed E-state index contributed by atoms with van der Waals surface area (Å²) in [4.78, 5) is 31.5. The van der Waals surface area contributed by atoms with Gasteiger partial charge in [-0.05, 0) is 48.2 Å². The van der Waals surface area contributed by atoms with E-state index in [4.69, 9.17) is 4.42 Å². The molecule has 4 aromatic rings. The second kappa shape index (κ2) is 11.1. The molecule has 8 nitrogen and oxygen atoms in total. The molecule has 2 fully saturated rings. The Bertz CT molecular complexity index is 1390. The van der Waals surface area contributed by atoms with Crippen molar-refractivity contribution in [2.75, 3.05) is 37.6 Å². The van der Waals surface area contributed by atoms with E-state index >= 15 is 0 Å². The molecule has 0 unspecified atom stereocenters. The number of carbonyl (C=O) groups excluding carboxylic acids is 2. The number of rotatable bonds is 8. The van der Waals surface area contributed by atoms with Crippen LogP contribution in [0.25, 0.3) is 22.4 Å². The van der Waals surface area contributed by atoms with Crippen LogP contribution in [0.4, 0.5) is 5.82 Å². The Morgan fingerprint density at radius 1 is 0.795 bits per heavy atom. The lowest BCUT2D eigenvalue weighted by Crippen LogP contribution is -2.52. The number of anilines is 1. The highest BCUT2D eigenvalue weighted by atomic mass is 16.3. The summed E-state index contributed by atoms with van der Waals surface area (Å²) in [6.45, 7) is 2.89. The molecule has 1 saturated heterocycles. The van der Waals surface area contributed by atoms with Gasteiger partial charge in [0, 0.05) is 37.7 Å². The Labute approximate surface area is 227 Å². The van der Waals surface area contributed by atoms with Crippen molar-refractivity contribution in [1.82, 2.24) is 20.0 Å². The number of carbonyl (C=O) groups is 2. The maximum Gasteiger partial charge on any atom is 0.242 e. The summed E-state index contributed by atoms with van der Waals surface area (Å²) in [5, 5.41) is 8.95. The van der Waals surface area contributed by atoms with Gasteiger partial charge in [-0.25, -0.2) is 0 Å². The van der Waals surface area contributed by atoms with Gasteiger partial charge in [0.25, 0.3) is 0 Å². The van der Waals surface area contributed by atoms with Crippen molar-refractivity contribution in [2.45, 2.75) is 19.4 Å². The Morgan fingerprint density at radius 3 is 2.15 bits per heavy atom. The summed E-state index contributed by atoms with van der Waals surface area (Å²) in [5.41, 5.74) is 4.19. The summed E-state index contributed by atoms with van der Waals surface area (Å²) in [7, 11) is 0. The second-order valence-corrected chi connectivity index (χ2v) is 10.1. The first-order valence-electron chi connectivity index (χ1n) is 13.5. The Morgan fingerprint density at radius 2 is 1.51 bits per heavy atom. The highest BCUT2D eigenvalue weighted by Gasteiger charge is 2.35. The molecule has 6 rings (SSSR count). The molecule has 1 aliphatic carbocycles. The Kier molecular flexibility index (Phi) is 7.08. The number of hydrogen-bond acceptors (Lipinski definition) is 6. The minimum Gasteiger partial charge on any atom is -0.467 e. The summed E-state index contributed by atoms with van der Waals surface area (Å²) in [6, 6.07) is 26.3. The first kappa shape index (κ1) is 24.9. The fourth-order valence-electron chi connectivity index (χ4n) is 4.95. The number of amides is 2. The van der Waals surface area contributed by atoms with Crippen LogP contribution in [0.5, 0.6) is 0 Å². The van der Waals surface area contributed by atoms with Crippen molar-refractivity contribution >= 4 is 17.6 Å². The maximum absolute atomic E-state index is 13.1. The van der Waals surface area contributed by atoms with Gasteiger partial charge >= 0.3 is 0 Å². The van der Waals surface area contributed by atoms with Crippen LogP contribution >= 0.6 is 0 Å². The highest BCUT2D eigenvalue weighted by Crippen LogP contribution is 2.31. The third kappa shape index (κ3) is 5.85. The molecule has 0 radical (unpaired) electrons. The molecule has 1 aliphatic heterocycles. The molecule has 0 bridgehead atoms. The molecular weight excluding hydrogens is 490 g/mol. The zero-order chi connectivity index (χ0) is 26.6. The van der Waals surface area contributed by atoms with Crippen LogP contribution in [0.2, 0.25) is 0 Å². The van der Waals surface area contributed by atoms with Crippen LogP contribution in [0.15, 0.2) is 89.5 Å². The van der Waals surface area contributed by atoms with E-state index in [-0.39, 0.29) is 24.3 Å². The molecule has 0 atom stereocenters. The van der Waals surface area contributed by atoms with Gasteiger partial charge in [0.05, 0.1) is 18.5 Å². The maximum atomic E-state index is 13.1. The Hall–Kier alpha value is -4.46. The molecule has 39 heavy (non-hydrogen) atoms. The third-order valence-electron chi connectivity index (χ3n) is 7.39. The second-order valence-electron chi connectivity index (χ2n) is 10.1. The largest absolute Gasteiger partial charge is 0.467 e. The summed E-state index contributed by atoms with van der Waals surface area (Å²) in [5.74, 6) is 1.55. The van der Waals surface area contributed by atoms with E-state index in [2.05, 4.69) is 51.5 Å². The predicted octanol–water partition coefficient (Wildman–Crippen LogP) is 4.49. The fourth-order valence-corrected chi connectivity index (χ4v) is 4.95. The number of furan rings is 1. The van der Waals surface area contributed by atoms with Crippen LogP contribution in [0, 0.1) is 5.92 Å². The zero-order valence-electron chi connectivity index (χ0n) is 21.8. The molecule has 2 aromatic carbocycles. The molecule has 0 N–H and O–H groups in total. The van der Waals surface area contributed by atoms with Crippen LogP contribution in [-0.4, -0.2) is 64.5 Å². The van der Waals surface area contributed by atoms with E-state index in [1.165, 1.54) is 5.56 Å². The van der Waals surface area contributed by atoms with Crippen LogP contribution in [-0.2, 0) is 16.1 Å². The van der Waals surface area contributed by atoms with E-state index < -0.39 is 0 Å². The first-order valence-corrected chi connectivity index (χ1v) is 13.5. The molecule has 2 amide bonds. The lowest BCUT2D eigenvalue weighted by Gasteiger charge is -2.36. The minimum atomic E-state index is -0.0319. The van der Waals surface area contributed by atoms with Gasteiger partial charge in [-0.2, -0.15) is 0 Å². The monoisotopic (exact) mass is 521 g/mol. The zero-order valence-corrected chi connectivity index (χ0v) is 21.8. The van der Waals surface area contributed by atoms with Crippen molar-refractivity contribution < 1.29 is 14.0 Å². The Balaban J connectivity index is 1.04. The van der Waals surface area contributed by atoms with Gasteiger partial charge < -0.3 is 19.1 Å². The van der Waals surface area contributed by atoms with E-state index in [1.54, 1.807) is 17.2 Å². The standard InChI is InChI=1S/C31H31N5O3/c37-30(22-36(31(38)26-12-13-26)21-27-7-4-20-39-27)35-18-16-34(17-19-35)29-15-14-28(32-33-29)25-10-8-24(9-11-25)23-5-2-1-3-6-23/h1-11,14-15,20,26H,12-13,16-19,21-22H2. The van der Waals surface area contributed by atoms with E-state index in [0.717, 1.165) is 35.5 Å². The average molecular weight is 522 g/mol. The smallest absolute Gasteiger partial charge is 0.242 e. The topological polar surface area (TPSA) is 82.8 Å². The third-order valence-corrected chi connectivity index (χ3v) is 7.39. The van der Waals surface area contributed by atoms with Crippen molar-refractivity contribution in [3.05, 3.63) is 90.9 Å². The fraction of sp³-hybridized carbons (Fsp3) is 0.290. The van der Waals surface area contributed by atoms with Gasteiger partial charge in [-0.15, -0.1) is 10.2 Å². The molecule has 0 spiro atoms. The van der Waals surface area contributed by atoms with Gasteiger partial charge in [0.2, 0.25) is 11.8 Å². The molecule has 2 aliphatic rings. The van der Waals surface area contributed by atoms with E-state index in [0.29, 0.717) is 38.5 Å². The van der Waals surface area contributed by atoms with Gasteiger partial charge in [-0.3, -0.25) is 9.59 Å². The normalized spacial score (nSPS) is 15.3. The number of piperazine rings is 1. The van der Waals surface area contributed by atoms with Crippen molar-refractivity contribution in [2.24, 2.45) is 5.92 Å². The summed E-state index contributed by atoms with van der Waals surface area (Å²) < 4.78 is 5.43. The SMILES string of the molecule is O=C(CN(Cc1ccco1)C(=O)C1CC1)N1CCN(c2ccc(-c3ccc(-c4ccccc4)cc3)nn2)CC1. The molecule has 3 heterocycles. The summed E-state index contributed by atoms with van der Waals surface area (Å²) in [6.07, 6.45) is 3.39. The number of hydrogen-bond donors (Lipinski definition) is 0. The number of aromatic nitrogens is 2. The molecule has 198 valence electrons. The molecule has 2 aromatic heterocycles. The van der Waals surface area contributed by atoms with Crippen molar-refractivity contribution in [3.63, 3.8) is 0 Å². The molecular formula is C31H31N5O3. The van der Waals surface area contributed by atoms with Gasteiger partial charge in [0.15, 0.2) is 5.82 Å². The van der Waals surface area contributed by atoms with Gasteiger partial charge in [-0.1, -0.05) is 54.6 Å². The molecule has 1 saturated carbocycles. The average Bonchev–Trinajstić information content (AvgIpc) is 3.73. The van der Waals surface area contributed by atoms with Gasteiger partial charge in [0.1, 0.15) is 12.3 Å². The lowest BCUT2D eigenvalue weighted by molar-refractivity contribution is -0.142. The minimum absolute atomic E-state index is 0.0319. The van der Waals surface area contributed by atoms with Crippen molar-refractivity contribution in [1.29, 1.82) is 0 Å². The number of nitrogens with zero attached hydrogens (tertiary/aromatic N) is 5. The van der Waals surface area contributed by atoms with Crippen LogP contribution in [0.3, 0.4) is 0 Å². The summed E-state index contributed by atoms with van der Waals surface area (Å²) >= 11 is 0. The number of benzene rings is 2. The van der Waals surface area contributed by atoms with Crippen molar-refractivity contribution in [3.8, 4) is 22.4 Å². The van der Waals surface area contributed by atoms with Crippen LogP contribution < -0.4 is 4.90 Å². The first-order chi connectivity index (χ1) is 19.1. The quantitative estimate of drug-likeness (QED) is 0.340. The van der Waals surface area contributed by atoms with E-state index in [1.807, 2.05) is 41.3 Å². The molecule has 8 heteroatoms.